The van der Waals surface area contributed by atoms with E-state index in [2.05, 4.69) is 18.2 Å². The van der Waals surface area contributed by atoms with Gasteiger partial charge in [0.05, 0.1) is 0 Å². The summed E-state index contributed by atoms with van der Waals surface area (Å²) in [6.07, 6.45) is 4.49. The highest BCUT2D eigenvalue weighted by Crippen LogP contribution is 2.18. The van der Waals surface area contributed by atoms with Gasteiger partial charge in [-0.1, -0.05) is 54.6 Å². The highest BCUT2D eigenvalue weighted by Gasteiger charge is 2.18. The van der Waals surface area contributed by atoms with Gasteiger partial charge in [-0.2, -0.15) is 0 Å². The van der Waals surface area contributed by atoms with Crippen molar-refractivity contribution in [2.45, 2.75) is 13.0 Å². The standard InChI is InChI=1S/C18H17NO/c20-18(11-10-15-6-2-1-3-7-15)19-13-12-16-8-4-5-9-17(16)14-19/h1-11H,12-14H2/b11-10+. The van der Waals surface area contributed by atoms with Gasteiger partial charge in [0.15, 0.2) is 0 Å². The number of rotatable bonds is 2. The summed E-state index contributed by atoms with van der Waals surface area (Å²) < 4.78 is 0. The first-order valence-electron chi connectivity index (χ1n) is 6.92. The molecule has 2 nitrogen and oxygen atoms in total. The Bertz CT molecular complexity index is 631. The molecule has 2 aromatic carbocycles. The summed E-state index contributed by atoms with van der Waals surface area (Å²) in [6.45, 7) is 1.52. The van der Waals surface area contributed by atoms with Gasteiger partial charge in [0.2, 0.25) is 5.91 Å². The third kappa shape index (κ3) is 2.80. The summed E-state index contributed by atoms with van der Waals surface area (Å²) in [5.74, 6) is 0.0864. The van der Waals surface area contributed by atoms with Crippen LogP contribution in [0.1, 0.15) is 16.7 Å². The van der Waals surface area contributed by atoms with Crippen LogP contribution in [0.3, 0.4) is 0 Å². The maximum absolute atomic E-state index is 12.2. The minimum absolute atomic E-state index is 0.0864. The van der Waals surface area contributed by atoms with Crippen LogP contribution in [-0.2, 0) is 17.8 Å². The van der Waals surface area contributed by atoms with Gasteiger partial charge in [-0.3, -0.25) is 4.79 Å². The lowest BCUT2D eigenvalue weighted by Crippen LogP contribution is -2.34. The van der Waals surface area contributed by atoms with Gasteiger partial charge >= 0.3 is 0 Å². The van der Waals surface area contributed by atoms with Crippen LogP contribution in [0, 0.1) is 0 Å². The summed E-state index contributed by atoms with van der Waals surface area (Å²) in [5.41, 5.74) is 3.68. The van der Waals surface area contributed by atoms with E-state index >= 15 is 0 Å². The van der Waals surface area contributed by atoms with Crippen molar-refractivity contribution >= 4 is 12.0 Å². The molecule has 20 heavy (non-hydrogen) atoms. The molecule has 1 amide bonds. The molecule has 2 heteroatoms. The first-order valence-corrected chi connectivity index (χ1v) is 6.92. The Balaban J connectivity index is 1.69. The Morgan fingerprint density at radius 1 is 0.950 bits per heavy atom. The van der Waals surface area contributed by atoms with Crippen LogP contribution >= 0.6 is 0 Å². The van der Waals surface area contributed by atoms with E-state index in [9.17, 15) is 4.79 Å². The van der Waals surface area contributed by atoms with Crippen molar-refractivity contribution < 1.29 is 4.79 Å². The number of carbonyl (C=O) groups is 1. The molecule has 0 aliphatic carbocycles. The maximum atomic E-state index is 12.2. The smallest absolute Gasteiger partial charge is 0.246 e. The first kappa shape index (κ1) is 12.7. The zero-order chi connectivity index (χ0) is 13.8. The Hall–Kier alpha value is -2.35. The summed E-state index contributed by atoms with van der Waals surface area (Å²) in [6, 6.07) is 18.3. The van der Waals surface area contributed by atoms with Crippen LogP contribution in [0.4, 0.5) is 0 Å². The lowest BCUT2D eigenvalue weighted by molar-refractivity contribution is -0.126. The number of amides is 1. The highest BCUT2D eigenvalue weighted by atomic mass is 16.2. The fraction of sp³-hybridized carbons (Fsp3) is 0.167. The lowest BCUT2D eigenvalue weighted by Gasteiger charge is -2.27. The van der Waals surface area contributed by atoms with Crippen molar-refractivity contribution in [1.29, 1.82) is 0 Å². The minimum Gasteiger partial charge on any atom is -0.334 e. The van der Waals surface area contributed by atoms with Crippen LogP contribution < -0.4 is 0 Å². The predicted molar refractivity (Wildman–Crippen MR) is 81.0 cm³/mol. The predicted octanol–water partition coefficient (Wildman–Crippen LogP) is 3.28. The summed E-state index contributed by atoms with van der Waals surface area (Å²) >= 11 is 0. The fourth-order valence-electron chi connectivity index (χ4n) is 2.52. The molecule has 0 radical (unpaired) electrons. The quantitative estimate of drug-likeness (QED) is 0.761. The van der Waals surface area contributed by atoms with E-state index in [1.807, 2.05) is 47.4 Å². The average molecular weight is 263 g/mol. The van der Waals surface area contributed by atoms with Crippen LogP contribution in [0.15, 0.2) is 60.7 Å². The van der Waals surface area contributed by atoms with Crippen molar-refractivity contribution in [2.24, 2.45) is 0 Å². The van der Waals surface area contributed by atoms with E-state index < -0.39 is 0 Å². The van der Waals surface area contributed by atoms with E-state index in [0.29, 0.717) is 6.54 Å². The van der Waals surface area contributed by atoms with Gasteiger partial charge in [0.25, 0.3) is 0 Å². The molecule has 1 aliphatic heterocycles. The second-order valence-corrected chi connectivity index (χ2v) is 5.02. The topological polar surface area (TPSA) is 20.3 Å². The molecule has 0 bridgehead atoms. The number of fused-ring (bicyclic) bond motifs is 1. The van der Waals surface area contributed by atoms with Gasteiger partial charge in [-0.15, -0.1) is 0 Å². The molecule has 0 unspecified atom stereocenters. The number of benzene rings is 2. The van der Waals surface area contributed by atoms with E-state index in [1.165, 1.54) is 11.1 Å². The zero-order valence-corrected chi connectivity index (χ0v) is 11.3. The average Bonchev–Trinajstić information content (AvgIpc) is 2.53. The lowest BCUT2D eigenvalue weighted by atomic mass is 10.00. The van der Waals surface area contributed by atoms with E-state index in [1.54, 1.807) is 6.08 Å². The van der Waals surface area contributed by atoms with Crippen LogP contribution in [0.25, 0.3) is 6.08 Å². The number of hydrogen-bond acceptors (Lipinski definition) is 1. The second kappa shape index (κ2) is 5.74. The molecule has 1 heterocycles. The summed E-state index contributed by atoms with van der Waals surface area (Å²) in [7, 11) is 0. The van der Waals surface area contributed by atoms with Crippen molar-refractivity contribution in [3.63, 3.8) is 0 Å². The molecule has 0 saturated heterocycles. The normalized spacial score (nSPS) is 14.3. The van der Waals surface area contributed by atoms with E-state index in [4.69, 9.17) is 0 Å². The minimum atomic E-state index is 0.0864. The Kier molecular flexibility index (Phi) is 3.64. The largest absolute Gasteiger partial charge is 0.334 e. The van der Waals surface area contributed by atoms with Crippen molar-refractivity contribution in [2.75, 3.05) is 6.54 Å². The third-order valence-corrected chi connectivity index (χ3v) is 3.66. The van der Waals surface area contributed by atoms with Crippen LogP contribution in [0.2, 0.25) is 0 Å². The molecule has 0 fully saturated rings. The third-order valence-electron chi connectivity index (χ3n) is 3.66. The Morgan fingerprint density at radius 2 is 1.65 bits per heavy atom. The van der Waals surface area contributed by atoms with E-state index in [0.717, 1.165) is 18.5 Å². The van der Waals surface area contributed by atoms with Gasteiger partial charge < -0.3 is 4.90 Å². The molecule has 0 spiro atoms. The highest BCUT2D eigenvalue weighted by molar-refractivity contribution is 5.91. The van der Waals surface area contributed by atoms with Gasteiger partial charge in [0.1, 0.15) is 0 Å². The molecule has 2 aromatic rings. The molecule has 1 aliphatic rings. The molecule has 100 valence electrons. The molecule has 0 aromatic heterocycles. The number of carbonyl (C=O) groups excluding carboxylic acids is 1. The summed E-state index contributed by atoms with van der Waals surface area (Å²) in [5, 5.41) is 0. The Labute approximate surface area is 119 Å². The van der Waals surface area contributed by atoms with Crippen molar-refractivity contribution in [3.8, 4) is 0 Å². The van der Waals surface area contributed by atoms with Gasteiger partial charge in [0, 0.05) is 19.2 Å². The van der Waals surface area contributed by atoms with Crippen molar-refractivity contribution in [3.05, 3.63) is 77.4 Å². The number of nitrogens with zero attached hydrogens (tertiary/aromatic N) is 1. The number of hydrogen-bond donors (Lipinski definition) is 0. The fourth-order valence-corrected chi connectivity index (χ4v) is 2.52. The Morgan fingerprint density at radius 3 is 2.45 bits per heavy atom. The first-order chi connectivity index (χ1) is 9.83. The monoisotopic (exact) mass is 263 g/mol. The van der Waals surface area contributed by atoms with Gasteiger partial charge in [-0.05, 0) is 29.2 Å². The van der Waals surface area contributed by atoms with Crippen LogP contribution in [-0.4, -0.2) is 17.4 Å². The van der Waals surface area contributed by atoms with Gasteiger partial charge in [-0.25, -0.2) is 0 Å². The molecule has 0 atom stereocenters. The second-order valence-electron chi connectivity index (χ2n) is 5.02. The zero-order valence-electron chi connectivity index (χ0n) is 11.3. The molecular formula is C18H17NO. The SMILES string of the molecule is O=C(/C=C/c1ccccc1)N1CCc2ccccc2C1. The van der Waals surface area contributed by atoms with Crippen molar-refractivity contribution in [1.82, 2.24) is 4.90 Å². The molecule has 0 N–H and O–H groups in total. The van der Waals surface area contributed by atoms with E-state index in [-0.39, 0.29) is 5.91 Å². The molecular weight excluding hydrogens is 246 g/mol. The molecule has 3 rings (SSSR count). The summed E-state index contributed by atoms with van der Waals surface area (Å²) in [4.78, 5) is 14.1. The maximum Gasteiger partial charge on any atom is 0.246 e. The molecule has 0 saturated carbocycles. The van der Waals surface area contributed by atoms with Crippen LogP contribution in [0.5, 0.6) is 0 Å².